The minimum Gasteiger partial charge on any atom is -0.481 e. The Morgan fingerprint density at radius 3 is 1.71 bits per heavy atom. The van der Waals surface area contributed by atoms with E-state index >= 15 is 0 Å². The Balaban J connectivity index is 4.97. The fraction of sp³-hybridized carbons (Fsp3) is 0.857. The molecule has 0 rings (SSSR count). The number of rotatable bonds is 3. The van der Waals surface area contributed by atoms with Gasteiger partial charge in [0, 0.05) is 5.41 Å². The first-order chi connectivity index (χ1) is 5.92. The van der Waals surface area contributed by atoms with Crippen LogP contribution in [0, 0.1) is 5.41 Å². The molecule has 0 amide bonds. The summed E-state index contributed by atoms with van der Waals surface area (Å²) < 4.78 is 60.9. The average molecular weight is 220 g/mol. The highest BCUT2D eigenvalue weighted by atomic mass is 19.4. The maximum Gasteiger partial charge on any atom is 0.453 e. The van der Waals surface area contributed by atoms with E-state index in [2.05, 4.69) is 0 Å². The standard InChI is InChI=1S/C7H9F5O2/c1-5(2,3-4(13)14)6(8,9)7(10,11)12/h3H2,1-2H3,(H,13,14). The van der Waals surface area contributed by atoms with Crippen LogP contribution in [0.2, 0.25) is 0 Å². The highest BCUT2D eigenvalue weighted by molar-refractivity contribution is 5.67. The molecule has 0 spiro atoms. The van der Waals surface area contributed by atoms with Crippen LogP contribution in [0.3, 0.4) is 0 Å². The lowest BCUT2D eigenvalue weighted by atomic mass is 9.82. The molecule has 0 heterocycles. The number of hydrogen-bond acceptors (Lipinski definition) is 1. The van der Waals surface area contributed by atoms with E-state index in [1.807, 2.05) is 0 Å². The molecule has 0 bridgehead atoms. The first kappa shape index (κ1) is 13.1. The third-order valence-corrected chi connectivity index (χ3v) is 1.80. The molecule has 0 atom stereocenters. The summed E-state index contributed by atoms with van der Waals surface area (Å²) in [6.45, 7) is 1.13. The molecule has 0 radical (unpaired) electrons. The lowest BCUT2D eigenvalue weighted by Crippen LogP contribution is -2.49. The Bertz CT molecular complexity index is 231. The number of aliphatic carboxylic acids is 1. The molecule has 0 saturated carbocycles. The van der Waals surface area contributed by atoms with Crippen molar-refractivity contribution in [1.29, 1.82) is 0 Å². The predicted octanol–water partition coefficient (Wildman–Crippen LogP) is 2.68. The fourth-order valence-corrected chi connectivity index (χ4v) is 0.873. The second kappa shape index (κ2) is 3.36. The van der Waals surface area contributed by atoms with Gasteiger partial charge in [-0.25, -0.2) is 0 Å². The van der Waals surface area contributed by atoms with E-state index in [0.29, 0.717) is 13.8 Å². The molecule has 14 heavy (non-hydrogen) atoms. The molecule has 0 aliphatic heterocycles. The van der Waals surface area contributed by atoms with Crippen molar-refractivity contribution < 1.29 is 31.9 Å². The molecule has 0 aliphatic rings. The van der Waals surface area contributed by atoms with Gasteiger partial charge in [0.2, 0.25) is 0 Å². The zero-order valence-corrected chi connectivity index (χ0v) is 7.45. The Morgan fingerprint density at radius 2 is 1.50 bits per heavy atom. The normalized spacial score (nSPS) is 14.2. The van der Waals surface area contributed by atoms with Gasteiger partial charge in [0.1, 0.15) is 0 Å². The maximum atomic E-state index is 12.7. The maximum absolute atomic E-state index is 12.7. The SMILES string of the molecule is CC(C)(CC(=O)O)C(F)(F)C(F)(F)F. The van der Waals surface area contributed by atoms with Gasteiger partial charge in [-0.1, -0.05) is 13.8 Å². The van der Waals surface area contributed by atoms with Crippen molar-refractivity contribution in [2.24, 2.45) is 5.41 Å². The summed E-state index contributed by atoms with van der Waals surface area (Å²) in [5.74, 6) is -6.71. The van der Waals surface area contributed by atoms with E-state index in [0.717, 1.165) is 0 Å². The van der Waals surface area contributed by atoms with E-state index in [4.69, 9.17) is 5.11 Å². The molecule has 2 nitrogen and oxygen atoms in total. The van der Waals surface area contributed by atoms with Crippen LogP contribution in [-0.2, 0) is 4.79 Å². The van der Waals surface area contributed by atoms with Crippen LogP contribution in [-0.4, -0.2) is 23.2 Å². The zero-order chi connectivity index (χ0) is 11.8. The number of carbonyl (C=O) groups is 1. The molecule has 0 saturated heterocycles. The summed E-state index contributed by atoms with van der Waals surface area (Å²) in [7, 11) is 0. The Morgan fingerprint density at radius 1 is 1.14 bits per heavy atom. The topological polar surface area (TPSA) is 37.3 Å². The summed E-state index contributed by atoms with van der Waals surface area (Å²) in [6, 6.07) is 0. The fourth-order valence-electron chi connectivity index (χ4n) is 0.873. The molecule has 1 N–H and O–H groups in total. The summed E-state index contributed by atoms with van der Waals surface area (Å²) in [5.41, 5.74) is -2.66. The first-order valence-electron chi connectivity index (χ1n) is 3.58. The van der Waals surface area contributed by atoms with Crippen molar-refractivity contribution in [3.63, 3.8) is 0 Å². The number of carboxylic acid groups (broad SMARTS) is 1. The van der Waals surface area contributed by atoms with Crippen molar-refractivity contribution in [2.75, 3.05) is 0 Å². The minimum atomic E-state index is -5.73. The van der Waals surface area contributed by atoms with Crippen LogP contribution < -0.4 is 0 Å². The molecule has 0 aliphatic carbocycles. The second-order valence-electron chi connectivity index (χ2n) is 3.53. The van der Waals surface area contributed by atoms with Gasteiger partial charge in [-0.2, -0.15) is 22.0 Å². The highest BCUT2D eigenvalue weighted by Crippen LogP contribution is 2.49. The highest BCUT2D eigenvalue weighted by Gasteiger charge is 2.66. The molecule has 7 heteroatoms. The molecular weight excluding hydrogens is 211 g/mol. The molecule has 84 valence electrons. The summed E-state index contributed by atoms with van der Waals surface area (Å²) in [6.07, 6.45) is -6.98. The van der Waals surface area contributed by atoms with E-state index in [1.54, 1.807) is 0 Å². The first-order valence-corrected chi connectivity index (χ1v) is 3.58. The third kappa shape index (κ3) is 2.33. The lowest BCUT2D eigenvalue weighted by Gasteiger charge is -2.33. The Labute approximate surface area is 76.7 Å². The van der Waals surface area contributed by atoms with Crippen molar-refractivity contribution in [1.82, 2.24) is 0 Å². The Kier molecular flexibility index (Phi) is 3.15. The lowest BCUT2D eigenvalue weighted by molar-refractivity contribution is -0.321. The van der Waals surface area contributed by atoms with Gasteiger partial charge < -0.3 is 5.11 Å². The average Bonchev–Trinajstić information content (AvgIpc) is 1.80. The van der Waals surface area contributed by atoms with Gasteiger partial charge in [0.25, 0.3) is 0 Å². The van der Waals surface area contributed by atoms with E-state index < -0.39 is 29.9 Å². The summed E-state index contributed by atoms with van der Waals surface area (Å²) >= 11 is 0. The van der Waals surface area contributed by atoms with Crippen molar-refractivity contribution in [2.45, 2.75) is 32.4 Å². The van der Waals surface area contributed by atoms with Gasteiger partial charge in [-0.3, -0.25) is 4.79 Å². The number of carboxylic acids is 1. The Hall–Kier alpha value is -0.880. The second-order valence-corrected chi connectivity index (χ2v) is 3.53. The summed E-state index contributed by atoms with van der Waals surface area (Å²) in [4.78, 5) is 10.1. The van der Waals surface area contributed by atoms with Gasteiger partial charge in [-0.15, -0.1) is 0 Å². The van der Waals surface area contributed by atoms with Crippen LogP contribution in [0.25, 0.3) is 0 Å². The van der Waals surface area contributed by atoms with Crippen LogP contribution in [0.15, 0.2) is 0 Å². The van der Waals surface area contributed by atoms with Crippen molar-refractivity contribution >= 4 is 5.97 Å². The van der Waals surface area contributed by atoms with Crippen molar-refractivity contribution in [3.05, 3.63) is 0 Å². The predicted molar refractivity (Wildman–Crippen MR) is 37.0 cm³/mol. The summed E-state index contributed by atoms with van der Waals surface area (Å²) in [5, 5.41) is 8.18. The largest absolute Gasteiger partial charge is 0.481 e. The molecule has 0 unspecified atom stereocenters. The van der Waals surface area contributed by atoms with Crippen LogP contribution in [0.4, 0.5) is 22.0 Å². The van der Waals surface area contributed by atoms with E-state index in [1.165, 1.54) is 0 Å². The van der Waals surface area contributed by atoms with E-state index in [-0.39, 0.29) is 0 Å². The van der Waals surface area contributed by atoms with Gasteiger partial charge >= 0.3 is 18.1 Å². The number of halogens is 5. The minimum absolute atomic E-state index is 0.564. The molecule has 0 aromatic rings. The quantitative estimate of drug-likeness (QED) is 0.742. The van der Waals surface area contributed by atoms with Crippen LogP contribution in [0.1, 0.15) is 20.3 Å². The van der Waals surface area contributed by atoms with Crippen molar-refractivity contribution in [3.8, 4) is 0 Å². The van der Waals surface area contributed by atoms with Gasteiger partial charge in [0.15, 0.2) is 0 Å². The van der Waals surface area contributed by atoms with E-state index in [9.17, 15) is 26.7 Å². The molecule has 0 aromatic heterocycles. The monoisotopic (exact) mass is 220 g/mol. The smallest absolute Gasteiger partial charge is 0.453 e. The molecule has 0 aromatic carbocycles. The molecular formula is C7H9F5O2. The van der Waals surface area contributed by atoms with Gasteiger partial charge in [-0.05, 0) is 0 Å². The van der Waals surface area contributed by atoms with Gasteiger partial charge in [0.05, 0.1) is 6.42 Å². The van der Waals surface area contributed by atoms with Crippen LogP contribution in [0.5, 0.6) is 0 Å². The third-order valence-electron chi connectivity index (χ3n) is 1.80. The van der Waals surface area contributed by atoms with Crippen LogP contribution >= 0.6 is 0 Å². The zero-order valence-electron chi connectivity index (χ0n) is 7.45. The molecule has 0 fully saturated rings. The number of alkyl halides is 5. The number of hydrogen-bond donors (Lipinski definition) is 1.